The van der Waals surface area contributed by atoms with Gasteiger partial charge in [0.1, 0.15) is 12.0 Å². The molecule has 0 saturated carbocycles. The first-order valence-electron chi connectivity index (χ1n) is 5.96. The molecule has 0 bridgehead atoms. The lowest BCUT2D eigenvalue weighted by Crippen LogP contribution is -2.10. The van der Waals surface area contributed by atoms with Crippen LogP contribution in [0.3, 0.4) is 0 Å². The molecule has 0 atom stereocenters. The maximum absolute atomic E-state index is 6.01. The topological polar surface area (TPSA) is 73.1 Å². The number of hydrogen-bond donors (Lipinski definition) is 2. The number of nitrogens with one attached hydrogen (secondary N) is 1. The van der Waals surface area contributed by atoms with Gasteiger partial charge in [-0.15, -0.1) is 0 Å². The third-order valence-electron chi connectivity index (χ3n) is 2.38. The number of hydrogen-bond acceptors (Lipinski definition) is 5. The van der Waals surface area contributed by atoms with Crippen molar-refractivity contribution >= 4 is 44.7 Å². The fourth-order valence-electron chi connectivity index (χ4n) is 1.51. The molecule has 7 heteroatoms. The van der Waals surface area contributed by atoms with Crippen molar-refractivity contribution in [3.8, 4) is 5.88 Å². The highest BCUT2D eigenvalue weighted by Crippen LogP contribution is 2.32. The minimum atomic E-state index is -0.0117. The van der Waals surface area contributed by atoms with Gasteiger partial charge < -0.3 is 15.8 Å². The second kappa shape index (κ2) is 6.28. The van der Waals surface area contributed by atoms with E-state index in [1.807, 2.05) is 19.9 Å². The number of nitrogens with two attached hydrogens (primary N) is 1. The van der Waals surface area contributed by atoms with E-state index in [1.54, 1.807) is 12.1 Å². The van der Waals surface area contributed by atoms with E-state index < -0.39 is 0 Å². The molecule has 0 aliphatic heterocycles. The Morgan fingerprint density at radius 2 is 2.10 bits per heavy atom. The summed E-state index contributed by atoms with van der Waals surface area (Å²) in [5.41, 5.74) is 7.17. The quantitative estimate of drug-likeness (QED) is 0.865. The van der Waals surface area contributed by atoms with Crippen molar-refractivity contribution in [2.45, 2.75) is 20.0 Å². The molecule has 0 spiro atoms. The third-order valence-corrected chi connectivity index (χ3v) is 3.27. The lowest BCUT2D eigenvalue weighted by atomic mass is 10.3. The van der Waals surface area contributed by atoms with Crippen LogP contribution in [0.2, 0.25) is 5.02 Å². The predicted molar refractivity (Wildman–Crippen MR) is 84.6 cm³/mol. The SMILES string of the molecule is CC(C)Oc1ncnc(Nc2ccc(Cl)cc2Br)c1N. The summed E-state index contributed by atoms with van der Waals surface area (Å²) in [5.74, 6) is 0.848. The summed E-state index contributed by atoms with van der Waals surface area (Å²) < 4.78 is 6.34. The van der Waals surface area contributed by atoms with Crippen LogP contribution in [0, 0.1) is 0 Å². The Kier molecular flexibility index (Phi) is 4.67. The maximum atomic E-state index is 6.01. The molecule has 0 aliphatic carbocycles. The molecule has 5 nitrogen and oxygen atoms in total. The molecule has 3 N–H and O–H groups in total. The fourth-order valence-corrected chi connectivity index (χ4v) is 2.30. The molecule has 0 aliphatic rings. The van der Waals surface area contributed by atoms with Gasteiger partial charge >= 0.3 is 0 Å². The number of anilines is 3. The van der Waals surface area contributed by atoms with Gasteiger partial charge in [0.05, 0.1) is 11.8 Å². The zero-order chi connectivity index (χ0) is 14.7. The van der Waals surface area contributed by atoms with E-state index >= 15 is 0 Å². The number of halogens is 2. The lowest BCUT2D eigenvalue weighted by Gasteiger charge is -2.14. The number of ether oxygens (including phenoxy) is 1. The van der Waals surface area contributed by atoms with Gasteiger partial charge in [-0.3, -0.25) is 0 Å². The summed E-state index contributed by atoms with van der Waals surface area (Å²) in [4.78, 5) is 8.15. The van der Waals surface area contributed by atoms with Crippen molar-refractivity contribution in [3.63, 3.8) is 0 Å². The van der Waals surface area contributed by atoms with Crippen LogP contribution in [0.1, 0.15) is 13.8 Å². The van der Waals surface area contributed by atoms with E-state index in [0.29, 0.717) is 22.4 Å². The largest absolute Gasteiger partial charge is 0.473 e. The summed E-state index contributed by atoms with van der Waals surface area (Å²) in [6.45, 7) is 3.81. The first-order chi connectivity index (χ1) is 9.47. The van der Waals surface area contributed by atoms with Crippen molar-refractivity contribution in [3.05, 3.63) is 34.0 Å². The smallest absolute Gasteiger partial charge is 0.242 e. The average Bonchev–Trinajstić information content (AvgIpc) is 2.36. The van der Waals surface area contributed by atoms with Gasteiger partial charge in [-0.2, -0.15) is 4.98 Å². The average molecular weight is 358 g/mol. The van der Waals surface area contributed by atoms with E-state index in [9.17, 15) is 0 Å². The van der Waals surface area contributed by atoms with Crippen molar-refractivity contribution in [1.29, 1.82) is 0 Å². The summed E-state index contributed by atoms with van der Waals surface area (Å²) in [6.07, 6.45) is 1.39. The molecule has 2 rings (SSSR count). The number of rotatable bonds is 4. The number of aromatic nitrogens is 2. The Morgan fingerprint density at radius 1 is 1.35 bits per heavy atom. The maximum Gasteiger partial charge on any atom is 0.242 e. The van der Waals surface area contributed by atoms with Crippen molar-refractivity contribution < 1.29 is 4.74 Å². The van der Waals surface area contributed by atoms with Crippen LogP contribution >= 0.6 is 27.5 Å². The van der Waals surface area contributed by atoms with Gasteiger partial charge in [-0.05, 0) is 48.0 Å². The standard InChI is InChI=1S/C13H14BrClN4O/c1-7(2)20-13-11(16)12(17-6-18-13)19-10-4-3-8(15)5-9(10)14/h3-7H,16H2,1-2H3,(H,17,18,19). The first kappa shape index (κ1) is 14.9. The van der Waals surface area contributed by atoms with E-state index in [1.165, 1.54) is 6.33 Å². The molecule has 20 heavy (non-hydrogen) atoms. The molecule has 0 unspecified atom stereocenters. The second-order valence-electron chi connectivity index (χ2n) is 4.36. The van der Waals surface area contributed by atoms with Crippen molar-refractivity contribution in [2.24, 2.45) is 0 Å². The fraction of sp³-hybridized carbons (Fsp3) is 0.231. The Bertz CT molecular complexity index is 621. The van der Waals surface area contributed by atoms with Crippen LogP contribution in [0.5, 0.6) is 5.88 Å². The zero-order valence-corrected chi connectivity index (χ0v) is 13.4. The van der Waals surface area contributed by atoms with Crippen LogP contribution < -0.4 is 15.8 Å². The molecule has 2 aromatic rings. The molecule has 0 fully saturated rings. The minimum Gasteiger partial charge on any atom is -0.473 e. The van der Waals surface area contributed by atoms with Gasteiger partial charge in [0, 0.05) is 9.50 Å². The van der Waals surface area contributed by atoms with Gasteiger partial charge in [-0.1, -0.05) is 11.6 Å². The van der Waals surface area contributed by atoms with E-state index in [2.05, 4.69) is 31.2 Å². The van der Waals surface area contributed by atoms with Gasteiger partial charge in [0.25, 0.3) is 0 Å². The molecule has 1 aromatic carbocycles. The summed E-state index contributed by atoms with van der Waals surface area (Å²) >= 11 is 9.33. The number of nitrogens with zero attached hydrogens (tertiary/aromatic N) is 2. The summed E-state index contributed by atoms with van der Waals surface area (Å²) in [7, 11) is 0. The molecule has 106 valence electrons. The third kappa shape index (κ3) is 3.52. The lowest BCUT2D eigenvalue weighted by molar-refractivity contribution is 0.234. The molecule has 0 saturated heterocycles. The molecule has 0 amide bonds. The van der Waals surface area contributed by atoms with Crippen molar-refractivity contribution in [1.82, 2.24) is 9.97 Å². The summed E-state index contributed by atoms with van der Waals surface area (Å²) in [6, 6.07) is 5.39. The number of benzene rings is 1. The Hall–Kier alpha value is -1.53. The van der Waals surface area contributed by atoms with Crippen LogP contribution in [0.25, 0.3) is 0 Å². The van der Waals surface area contributed by atoms with E-state index in [0.717, 1.165) is 10.2 Å². The Balaban J connectivity index is 2.29. The molecular formula is C13H14BrClN4O. The van der Waals surface area contributed by atoms with Crippen molar-refractivity contribution in [2.75, 3.05) is 11.1 Å². The summed E-state index contributed by atoms with van der Waals surface area (Å²) in [5, 5.41) is 3.76. The van der Waals surface area contributed by atoms with Gasteiger partial charge in [0.2, 0.25) is 5.88 Å². The predicted octanol–water partition coefficient (Wildman–Crippen LogP) is 4.01. The molecule has 0 radical (unpaired) electrons. The monoisotopic (exact) mass is 356 g/mol. The normalized spacial score (nSPS) is 10.7. The van der Waals surface area contributed by atoms with Crippen LogP contribution in [0.4, 0.5) is 17.2 Å². The highest BCUT2D eigenvalue weighted by molar-refractivity contribution is 9.10. The van der Waals surface area contributed by atoms with Crippen LogP contribution in [0.15, 0.2) is 29.0 Å². The Labute approximate surface area is 130 Å². The molecule has 1 aromatic heterocycles. The second-order valence-corrected chi connectivity index (χ2v) is 5.65. The molecule has 1 heterocycles. The van der Waals surface area contributed by atoms with Crippen LogP contribution in [-0.2, 0) is 0 Å². The zero-order valence-electron chi connectivity index (χ0n) is 11.0. The Morgan fingerprint density at radius 3 is 2.75 bits per heavy atom. The van der Waals surface area contributed by atoms with Gasteiger partial charge in [-0.25, -0.2) is 4.98 Å². The minimum absolute atomic E-state index is 0.0117. The first-order valence-corrected chi connectivity index (χ1v) is 7.13. The highest BCUT2D eigenvalue weighted by atomic mass is 79.9. The van der Waals surface area contributed by atoms with E-state index in [-0.39, 0.29) is 6.10 Å². The number of nitrogen functional groups attached to an aromatic ring is 1. The molecular weight excluding hydrogens is 344 g/mol. The van der Waals surface area contributed by atoms with Crippen LogP contribution in [-0.4, -0.2) is 16.1 Å². The highest BCUT2D eigenvalue weighted by Gasteiger charge is 2.12. The van der Waals surface area contributed by atoms with E-state index in [4.69, 9.17) is 22.1 Å². The van der Waals surface area contributed by atoms with Gasteiger partial charge in [0.15, 0.2) is 5.82 Å².